The van der Waals surface area contributed by atoms with E-state index in [1.165, 1.54) is 0 Å². The molecule has 1 fully saturated rings. The molecule has 0 radical (unpaired) electrons. The second-order valence-corrected chi connectivity index (χ2v) is 7.15. The SMILES string of the molecule is Cc1ccc(C(=O)NC(C(=O)NC2CNCCC2C)C(C)C)cc1. The third kappa shape index (κ3) is 4.81. The summed E-state index contributed by atoms with van der Waals surface area (Å²) in [5.41, 5.74) is 1.68. The van der Waals surface area contributed by atoms with Gasteiger partial charge in [0.15, 0.2) is 0 Å². The molecular formula is C19H29N3O2. The van der Waals surface area contributed by atoms with Gasteiger partial charge in [-0.25, -0.2) is 0 Å². The number of hydrogen-bond acceptors (Lipinski definition) is 3. The minimum atomic E-state index is -0.534. The number of piperidine rings is 1. The van der Waals surface area contributed by atoms with Crippen molar-refractivity contribution in [2.45, 2.75) is 46.2 Å². The molecule has 1 heterocycles. The molecule has 3 atom stereocenters. The number of nitrogens with one attached hydrogen (secondary N) is 3. The molecule has 24 heavy (non-hydrogen) atoms. The molecule has 1 aliphatic rings. The topological polar surface area (TPSA) is 70.2 Å². The van der Waals surface area contributed by atoms with Gasteiger partial charge in [-0.05, 0) is 43.9 Å². The molecule has 3 N–H and O–H groups in total. The molecule has 132 valence electrons. The molecule has 0 bridgehead atoms. The van der Waals surface area contributed by atoms with Crippen LogP contribution in [-0.2, 0) is 4.79 Å². The van der Waals surface area contributed by atoms with Crippen molar-refractivity contribution in [1.82, 2.24) is 16.0 Å². The van der Waals surface area contributed by atoms with E-state index >= 15 is 0 Å². The standard InChI is InChI=1S/C19H29N3O2/c1-12(2)17(19(24)21-16-11-20-10-9-14(16)4)22-18(23)15-7-5-13(3)6-8-15/h5-8,12,14,16-17,20H,9-11H2,1-4H3,(H,21,24)(H,22,23). The van der Waals surface area contributed by atoms with Gasteiger partial charge in [-0.2, -0.15) is 0 Å². The highest BCUT2D eigenvalue weighted by molar-refractivity contribution is 5.97. The third-order valence-corrected chi connectivity index (χ3v) is 4.70. The van der Waals surface area contributed by atoms with Crippen molar-refractivity contribution >= 4 is 11.8 Å². The monoisotopic (exact) mass is 331 g/mol. The van der Waals surface area contributed by atoms with Crippen molar-refractivity contribution < 1.29 is 9.59 Å². The Hall–Kier alpha value is -1.88. The summed E-state index contributed by atoms with van der Waals surface area (Å²) in [7, 11) is 0. The minimum absolute atomic E-state index is 0.0197. The van der Waals surface area contributed by atoms with Gasteiger partial charge >= 0.3 is 0 Å². The van der Waals surface area contributed by atoms with Crippen LogP contribution in [0.3, 0.4) is 0 Å². The molecule has 0 saturated carbocycles. The third-order valence-electron chi connectivity index (χ3n) is 4.70. The van der Waals surface area contributed by atoms with Crippen LogP contribution >= 0.6 is 0 Å². The van der Waals surface area contributed by atoms with Crippen molar-refractivity contribution in [3.8, 4) is 0 Å². The van der Waals surface area contributed by atoms with Gasteiger partial charge < -0.3 is 16.0 Å². The number of amides is 2. The molecule has 2 amide bonds. The zero-order valence-corrected chi connectivity index (χ0v) is 15.1. The Labute approximate surface area is 144 Å². The van der Waals surface area contributed by atoms with E-state index in [4.69, 9.17) is 0 Å². The molecule has 1 aliphatic heterocycles. The molecule has 5 heteroatoms. The van der Waals surface area contributed by atoms with Crippen LogP contribution in [0, 0.1) is 18.8 Å². The first-order chi connectivity index (χ1) is 11.4. The predicted molar refractivity (Wildman–Crippen MR) is 95.9 cm³/mol. The zero-order valence-electron chi connectivity index (χ0n) is 15.1. The van der Waals surface area contributed by atoms with Crippen LogP contribution in [0.25, 0.3) is 0 Å². The number of rotatable bonds is 5. The largest absolute Gasteiger partial charge is 0.350 e. The summed E-state index contributed by atoms with van der Waals surface area (Å²) in [4.78, 5) is 25.1. The van der Waals surface area contributed by atoms with Gasteiger partial charge in [-0.1, -0.05) is 38.5 Å². The molecule has 1 aromatic carbocycles. The van der Waals surface area contributed by atoms with Gasteiger partial charge in [0.1, 0.15) is 6.04 Å². The van der Waals surface area contributed by atoms with Crippen LogP contribution in [-0.4, -0.2) is 37.0 Å². The van der Waals surface area contributed by atoms with Crippen LogP contribution < -0.4 is 16.0 Å². The van der Waals surface area contributed by atoms with Crippen molar-refractivity contribution in [2.24, 2.45) is 11.8 Å². The highest BCUT2D eigenvalue weighted by atomic mass is 16.2. The lowest BCUT2D eigenvalue weighted by molar-refractivity contribution is -0.125. The van der Waals surface area contributed by atoms with Crippen LogP contribution in [0.2, 0.25) is 0 Å². The summed E-state index contributed by atoms with van der Waals surface area (Å²) >= 11 is 0. The highest BCUT2D eigenvalue weighted by Crippen LogP contribution is 2.13. The van der Waals surface area contributed by atoms with Crippen molar-refractivity contribution in [2.75, 3.05) is 13.1 Å². The lowest BCUT2D eigenvalue weighted by atomic mass is 9.93. The van der Waals surface area contributed by atoms with Crippen molar-refractivity contribution in [3.63, 3.8) is 0 Å². The molecule has 0 spiro atoms. The average molecular weight is 331 g/mol. The average Bonchev–Trinajstić information content (AvgIpc) is 2.54. The van der Waals surface area contributed by atoms with Gasteiger partial charge in [0.05, 0.1) is 0 Å². The summed E-state index contributed by atoms with van der Waals surface area (Å²) in [6.07, 6.45) is 1.05. The first kappa shape index (κ1) is 18.5. The predicted octanol–water partition coefficient (Wildman–Crippen LogP) is 1.86. The molecular weight excluding hydrogens is 302 g/mol. The van der Waals surface area contributed by atoms with E-state index in [-0.39, 0.29) is 23.8 Å². The van der Waals surface area contributed by atoms with Crippen LogP contribution in [0.5, 0.6) is 0 Å². The smallest absolute Gasteiger partial charge is 0.251 e. The van der Waals surface area contributed by atoms with Gasteiger partial charge in [-0.15, -0.1) is 0 Å². The van der Waals surface area contributed by atoms with E-state index in [9.17, 15) is 9.59 Å². The Morgan fingerprint density at radius 2 is 1.88 bits per heavy atom. The Balaban J connectivity index is 2.01. The fourth-order valence-electron chi connectivity index (χ4n) is 2.92. The van der Waals surface area contributed by atoms with Gasteiger partial charge in [0, 0.05) is 18.2 Å². The van der Waals surface area contributed by atoms with Gasteiger partial charge in [0.25, 0.3) is 5.91 Å². The summed E-state index contributed by atoms with van der Waals surface area (Å²) in [6, 6.07) is 6.95. The van der Waals surface area contributed by atoms with Crippen LogP contribution in [0.4, 0.5) is 0 Å². The molecule has 1 aromatic rings. The fraction of sp³-hybridized carbons (Fsp3) is 0.579. The van der Waals surface area contributed by atoms with E-state index < -0.39 is 6.04 Å². The lowest BCUT2D eigenvalue weighted by Crippen LogP contribution is -2.56. The lowest BCUT2D eigenvalue weighted by Gasteiger charge is -2.32. The summed E-state index contributed by atoms with van der Waals surface area (Å²) in [5.74, 6) is 0.145. The normalized spacial score (nSPS) is 22.0. The number of benzene rings is 1. The number of carbonyl (C=O) groups excluding carboxylic acids is 2. The van der Waals surface area contributed by atoms with E-state index in [2.05, 4.69) is 22.9 Å². The van der Waals surface area contributed by atoms with Crippen LogP contribution in [0.1, 0.15) is 43.1 Å². The Kier molecular flexibility index (Phi) is 6.37. The maximum Gasteiger partial charge on any atom is 0.251 e. The fourth-order valence-corrected chi connectivity index (χ4v) is 2.92. The number of hydrogen-bond donors (Lipinski definition) is 3. The molecule has 0 aliphatic carbocycles. The second kappa shape index (κ2) is 8.29. The van der Waals surface area contributed by atoms with E-state index in [0.717, 1.165) is 25.1 Å². The van der Waals surface area contributed by atoms with Crippen molar-refractivity contribution in [1.29, 1.82) is 0 Å². The zero-order chi connectivity index (χ0) is 17.7. The van der Waals surface area contributed by atoms with Gasteiger partial charge in [-0.3, -0.25) is 9.59 Å². The maximum absolute atomic E-state index is 12.7. The summed E-state index contributed by atoms with van der Waals surface area (Å²) in [5, 5.41) is 9.29. The van der Waals surface area contributed by atoms with E-state index in [1.807, 2.05) is 32.9 Å². The number of carbonyl (C=O) groups is 2. The highest BCUT2D eigenvalue weighted by Gasteiger charge is 2.29. The van der Waals surface area contributed by atoms with E-state index in [0.29, 0.717) is 11.5 Å². The van der Waals surface area contributed by atoms with E-state index in [1.54, 1.807) is 12.1 Å². The second-order valence-electron chi connectivity index (χ2n) is 7.15. The Bertz CT molecular complexity index is 568. The first-order valence-electron chi connectivity index (χ1n) is 8.77. The Morgan fingerprint density at radius 1 is 1.21 bits per heavy atom. The molecule has 3 unspecified atom stereocenters. The summed E-state index contributed by atoms with van der Waals surface area (Å²) < 4.78 is 0. The Morgan fingerprint density at radius 3 is 2.46 bits per heavy atom. The quantitative estimate of drug-likeness (QED) is 0.771. The van der Waals surface area contributed by atoms with Crippen LogP contribution in [0.15, 0.2) is 24.3 Å². The van der Waals surface area contributed by atoms with Crippen molar-refractivity contribution in [3.05, 3.63) is 35.4 Å². The maximum atomic E-state index is 12.7. The minimum Gasteiger partial charge on any atom is -0.350 e. The molecule has 5 nitrogen and oxygen atoms in total. The first-order valence-corrected chi connectivity index (χ1v) is 8.77. The van der Waals surface area contributed by atoms with Gasteiger partial charge in [0.2, 0.25) is 5.91 Å². The molecule has 1 saturated heterocycles. The molecule has 2 rings (SSSR count). The number of aryl methyl sites for hydroxylation is 1. The summed E-state index contributed by atoms with van der Waals surface area (Å²) in [6.45, 7) is 9.80. The molecule has 0 aromatic heterocycles.